The van der Waals surface area contributed by atoms with E-state index in [1.807, 2.05) is 0 Å². The monoisotopic (exact) mass is 286 g/mol. The van der Waals surface area contributed by atoms with Gasteiger partial charge in [-0.2, -0.15) is 0 Å². The zero-order valence-electron chi connectivity index (χ0n) is 10.6. The van der Waals surface area contributed by atoms with Crippen molar-refractivity contribution in [3.63, 3.8) is 0 Å². The van der Waals surface area contributed by atoms with Gasteiger partial charge >= 0.3 is 0 Å². The number of nitrogens with zero attached hydrogens (tertiary/aromatic N) is 2. The molecule has 0 saturated heterocycles. The van der Waals surface area contributed by atoms with Gasteiger partial charge in [-0.25, -0.2) is 8.42 Å². The Bertz CT molecular complexity index is 597. The predicted molar refractivity (Wildman–Crippen MR) is 72.0 cm³/mol. The lowest BCUT2D eigenvalue weighted by Gasteiger charge is -2.20. The third-order valence-corrected chi connectivity index (χ3v) is 4.15. The summed E-state index contributed by atoms with van der Waals surface area (Å²) in [5.41, 5.74) is -0.102. The first kappa shape index (κ1) is 15.0. The molecular formula is C11H14N2O5S. The number of nitro groups is 1. The molecule has 0 unspecified atom stereocenters. The third-order valence-electron chi connectivity index (χ3n) is 2.46. The molecule has 7 nitrogen and oxygen atoms in total. The molecule has 0 saturated carbocycles. The van der Waals surface area contributed by atoms with Crippen LogP contribution in [0.3, 0.4) is 0 Å². The van der Waals surface area contributed by atoms with Gasteiger partial charge in [0.15, 0.2) is 0 Å². The van der Waals surface area contributed by atoms with Crippen molar-refractivity contribution in [2.75, 3.05) is 24.2 Å². The highest BCUT2D eigenvalue weighted by Gasteiger charge is 2.22. The highest BCUT2D eigenvalue weighted by molar-refractivity contribution is 7.92. The number of hydrogen-bond acceptors (Lipinski definition) is 5. The Labute approximate surface area is 111 Å². The van der Waals surface area contributed by atoms with Crippen molar-refractivity contribution in [2.24, 2.45) is 0 Å². The van der Waals surface area contributed by atoms with Crippen LogP contribution >= 0.6 is 0 Å². The average molecular weight is 286 g/mol. The Morgan fingerprint density at radius 1 is 1.53 bits per heavy atom. The van der Waals surface area contributed by atoms with E-state index < -0.39 is 14.9 Å². The number of nitro benzene ring substituents is 1. The molecule has 0 aromatic heterocycles. The van der Waals surface area contributed by atoms with Crippen molar-refractivity contribution in [3.8, 4) is 5.75 Å². The lowest BCUT2D eigenvalue weighted by Crippen LogP contribution is -2.28. The fraction of sp³-hybridized carbons (Fsp3) is 0.273. The largest absolute Gasteiger partial charge is 0.495 e. The van der Waals surface area contributed by atoms with Gasteiger partial charge in [0, 0.05) is 19.2 Å². The lowest BCUT2D eigenvalue weighted by molar-refractivity contribution is -0.384. The highest BCUT2D eigenvalue weighted by Crippen LogP contribution is 2.32. The molecule has 0 bridgehead atoms. The summed E-state index contributed by atoms with van der Waals surface area (Å²) in [4.78, 5) is 10.1. The molecule has 1 aromatic carbocycles. The van der Waals surface area contributed by atoms with E-state index in [2.05, 4.69) is 6.58 Å². The fourth-order valence-electron chi connectivity index (χ4n) is 1.45. The summed E-state index contributed by atoms with van der Waals surface area (Å²) in [6.45, 7) is 3.36. The van der Waals surface area contributed by atoms with Gasteiger partial charge in [-0.1, -0.05) is 6.08 Å². The zero-order valence-corrected chi connectivity index (χ0v) is 11.4. The number of non-ortho nitro benzene ring substituents is 1. The molecular weight excluding hydrogens is 272 g/mol. The number of sulfonamides is 1. The number of methoxy groups -OCH3 is 1. The molecule has 0 heterocycles. The zero-order chi connectivity index (χ0) is 14.6. The van der Waals surface area contributed by atoms with Crippen LogP contribution in [0.2, 0.25) is 0 Å². The second kappa shape index (κ2) is 5.70. The molecule has 0 radical (unpaired) electrons. The second-order valence-electron chi connectivity index (χ2n) is 3.65. The minimum Gasteiger partial charge on any atom is -0.495 e. The van der Waals surface area contributed by atoms with Crippen LogP contribution in [0.25, 0.3) is 0 Å². The Kier molecular flexibility index (Phi) is 4.49. The minimum atomic E-state index is -3.63. The van der Waals surface area contributed by atoms with Crippen molar-refractivity contribution in [1.29, 1.82) is 0 Å². The molecule has 0 N–H and O–H groups in total. The normalized spacial score (nSPS) is 10.8. The number of ether oxygens (including phenoxy) is 1. The topological polar surface area (TPSA) is 89.8 Å². The molecule has 1 aromatic rings. The van der Waals surface area contributed by atoms with Crippen LogP contribution in [0.1, 0.15) is 0 Å². The first-order chi connectivity index (χ1) is 8.83. The van der Waals surface area contributed by atoms with Crippen LogP contribution in [-0.2, 0) is 10.0 Å². The van der Waals surface area contributed by atoms with Crippen LogP contribution in [-0.4, -0.2) is 33.3 Å². The van der Waals surface area contributed by atoms with Crippen molar-refractivity contribution in [1.82, 2.24) is 0 Å². The number of hydrogen-bond donors (Lipinski definition) is 0. The summed E-state index contributed by atoms with van der Waals surface area (Å²) in [6, 6.07) is 3.75. The standard InChI is InChI=1S/C11H14N2O5S/c1-4-7-19(16,17)12(2)10-8-9(13(14)15)5-6-11(10)18-3/h4-6,8H,1,7H2,2-3H3. The quantitative estimate of drug-likeness (QED) is 0.449. The Hall–Kier alpha value is -2.09. The summed E-state index contributed by atoms with van der Waals surface area (Å²) in [7, 11) is -0.960. The van der Waals surface area contributed by atoms with E-state index in [0.717, 1.165) is 10.4 Å². The molecule has 0 amide bonds. The molecule has 0 atom stereocenters. The maximum Gasteiger partial charge on any atom is 0.271 e. The number of benzene rings is 1. The predicted octanol–water partition coefficient (Wildman–Crippen LogP) is 1.56. The minimum absolute atomic E-state index is 0.110. The van der Waals surface area contributed by atoms with Crippen LogP contribution in [0, 0.1) is 10.1 Å². The molecule has 0 aliphatic heterocycles. The van der Waals surface area contributed by atoms with E-state index in [1.165, 1.54) is 32.4 Å². The maximum absolute atomic E-state index is 11.9. The van der Waals surface area contributed by atoms with Crippen molar-refractivity contribution < 1.29 is 18.1 Å². The molecule has 104 valence electrons. The summed E-state index contributed by atoms with van der Waals surface area (Å²) in [5.74, 6) is -0.0317. The van der Waals surface area contributed by atoms with Gasteiger partial charge in [-0.15, -0.1) is 6.58 Å². The summed E-state index contributed by atoms with van der Waals surface area (Å²) in [5, 5.41) is 10.7. The van der Waals surface area contributed by atoms with Crippen LogP contribution in [0.15, 0.2) is 30.9 Å². The van der Waals surface area contributed by atoms with Crippen LogP contribution in [0.5, 0.6) is 5.75 Å². The van der Waals surface area contributed by atoms with Crippen molar-refractivity contribution in [3.05, 3.63) is 41.0 Å². The van der Waals surface area contributed by atoms with Gasteiger partial charge in [0.05, 0.1) is 23.5 Å². The third kappa shape index (κ3) is 3.22. The van der Waals surface area contributed by atoms with E-state index in [9.17, 15) is 18.5 Å². The van der Waals surface area contributed by atoms with E-state index >= 15 is 0 Å². The fourth-order valence-corrected chi connectivity index (χ4v) is 2.41. The summed E-state index contributed by atoms with van der Waals surface area (Å²) >= 11 is 0. The first-order valence-electron chi connectivity index (χ1n) is 5.23. The smallest absolute Gasteiger partial charge is 0.271 e. The van der Waals surface area contributed by atoms with E-state index in [4.69, 9.17) is 4.74 Å². The van der Waals surface area contributed by atoms with Gasteiger partial charge in [0.1, 0.15) is 5.75 Å². The Morgan fingerprint density at radius 2 is 2.16 bits per heavy atom. The highest BCUT2D eigenvalue weighted by atomic mass is 32.2. The molecule has 0 aliphatic carbocycles. The van der Waals surface area contributed by atoms with E-state index in [-0.39, 0.29) is 22.9 Å². The van der Waals surface area contributed by atoms with E-state index in [1.54, 1.807) is 0 Å². The van der Waals surface area contributed by atoms with E-state index in [0.29, 0.717) is 0 Å². The Morgan fingerprint density at radius 3 is 2.63 bits per heavy atom. The lowest BCUT2D eigenvalue weighted by atomic mass is 10.2. The van der Waals surface area contributed by atoms with Gasteiger partial charge in [-0.05, 0) is 6.07 Å². The van der Waals surface area contributed by atoms with Crippen molar-refractivity contribution >= 4 is 21.4 Å². The summed E-state index contributed by atoms with van der Waals surface area (Å²) < 4.78 is 29.8. The van der Waals surface area contributed by atoms with Crippen LogP contribution in [0.4, 0.5) is 11.4 Å². The average Bonchev–Trinajstić information content (AvgIpc) is 2.36. The molecule has 0 aliphatic rings. The van der Waals surface area contributed by atoms with Crippen LogP contribution < -0.4 is 9.04 Å². The molecule has 19 heavy (non-hydrogen) atoms. The first-order valence-corrected chi connectivity index (χ1v) is 6.84. The van der Waals surface area contributed by atoms with Gasteiger partial charge in [0.25, 0.3) is 5.69 Å². The maximum atomic E-state index is 11.9. The molecule has 1 rings (SSSR count). The molecule has 0 spiro atoms. The second-order valence-corrected chi connectivity index (χ2v) is 5.69. The van der Waals surface area contributed by atoms with Crippen molar-refractivity contribution in [2.45, 2.75) is 0 Å². The van der Waals surface area contributed by atoms with Gasteiger partial charge in [-0.3, -0.25) is 14.4 Å². The molecule has 8 heteroatoms. The molecule has 0 fully saturated rings. The number of rotatable bonds is 6. The van der Waals surface area contributed by atoms with Gasteiger partial charge in [0.2, 0.25) is 10.0 Å². The number of anilines is 1. The summed E-state index contributed by atoms with van der Waals surface area (Å²) in [6.07, 6.45) is 1.25. The Balaban J connectivity index is 3.34. The van der Waals surface area contributed by atoms with Gasteiger partial charge < -0.3 is 4.74 Å². The SMILES string of the molecule is C=CCS(=O)(=O)N(C)c1cc([N+](=O)[O-])ccc1OC.